The van der Waals surface area contributed by atoms with Gasteiger partial charge >= 0.3 is 0 Å². The zero-order valence-corrected chi connectivity index (χ0v) is 12.3. The maximum Gasteiger partial charge on any atom is 0.255 e. The van der Waals surface area contributed by atoms with Crippen molar-refractivity contribution in [3.05, 3.63) is 62.2 Å². The van der Waals surface area contributed by atoms with Gasteiger partial charge in [-0.25, -0.2) is 8.78 Å². The van der Waals surface area contributed by atoms with E-state index in [0.29, 0.717) is 10.7 Å². The summed E-state index contributed by atoms with van der Waals surface area (Å²) in [5, 5.41) is 3.16. The second kappa shape index (κ2) is 5.83. The number of hydrogen-bond donors (Lipinski definition) is 1. The van der Waals surface area contributed by atoms with Crippen molar-refractivity contribution in [3.8, 4) is 0 Å². The molecule has 2 aromatic rings. The Morgan fingerprint density at radius 3 is 2.47 bits per heavy atom. The van der Waals surface area contributed by atoms with Gasteiger partial charge in [-0.1, -0.05) is 11.6 Å². The Bertz CT molecular complexity index is 649. The summed E-state index contributed by atoms with van der Waals surface area (Å²) in [6, 6.07) is 7.94. The van der Waals surface area contributed by atoms with Crippen LogP contribution in [0.4, 0.5) is 14.5 Å². The predicted molar refractivity (Wildman–Crippen MR) is 78.5 cm³/mol. The second-order valence-electron chi connectivity index (χ2n) is 3.71. The van der Waals surface area contributed by atoms with E-state index in [9.17, 15) is 13.6 Å². The fourth-order valence-corrected chi connectivity index (χ4v) is 2.43. The molecule has 0 spiro atoms. The number of halogens is 4. The molecule has 0 aromatic heterocycles. The first-order valence-electron chi connectivity index (χ1n) is 5.19. The molecule has 0 aliphatic rings. The Kier molecular flexibility index (Phi) is 4.36. The SMILES string of the molecule is O=C(Nc1ccc(Cl)cc1I)c1ccc(F)c(F)c1. The topological polar surface area (TPSA) is 29.1 Å². The van der Waals surface area contributed by atoms with E-state index in [2.05, 4.69) is 5.32 Å². The van der Waals surface area contributed by atoms with Gasteiger partial charge in [0.2, 0.25) is 0 Å². The van der Waals surface area contributed by atoms with Crippen LogP contribution in [-0.4, -0.2) is 5.91 Å². The quantitative estimate of drug-likeness (QED) is 0.749. The number of hydrogen-bond acceptors (Lipinski definition) is 1. The van der Waals surface area contributed by atoms with Gasteiger partial charge < -0.3 is 5.32 Å². The molecule has 0 aliphatic carbocycles. The average Bonchev–Trinajstić information content (AvgIpc) is 2.36. The molecule has 0 radical (unpaired) electrons. The number of nitrogens with one attached hydrogen (secondary N) is 1. The lowest BCUT2D eigenvalue weighted by Gasteiger charge is -2.08. The summed E-state index contributed by atoms with van der Waals surface area (Å²) in [4.78, 5) is 11.9. The number of rotatable bonds is 2. The highest BCUT2D eigenvalue weighted by atomic mass is 127. The van der Waals surface area contributed by atoms with E-state index in [1.807, 2.05) is 22.6 Å². The van der Waals surface area contributed by atoms with Gasteiger partial charge in [0.1, 0.15) is 0 Å². The van der Waals surface area contributed by atoms with Crippen LogP contribution in [0.2, 0.25) is 5.02 Å². The third kappa shape index (κ3) is 3.42. The zero-order valence-electron chi connectivity index (χ0n) is 9.38. The second-order valence-corrected chi connectivity index (χ2v) is 5.31. The molecule has 2 nitrogen and oxygen atoms in total. The highest BCUT2D eigenvalue weighted by Crippen LogP contribution is 2.23. The van der Waals surface area contributed by atoms with Crippen LogP contribution in [0.5, 0.6) is 0 Å². The lowest BCUT2D eigenvalue weighted by atomic mass is 10.2. The van der Waals surface area contributed by atoms with Crippen LogP contribution in [0.1, 0.15) is 10.4 Å². The lowest BCUT2D eigenvalue weighted by molar-refractivity contribution is 0.102. The third-order valence-electron chi connectivity index (χ3n) is 2.36. The van der Waals surface area contributed by atoms with Gasteiger partial charge in [-0.2, -0.15) is 0 Å². The van der Waals surface area contributed by atoms with E-state index in [1.54, 1.807) is 18.2 Å². The summed E-state index contributed by atoms with van der Waals surface area (Å²) >= 11 is 7.82. The molecule has 0 bridgehead atoms. The van der Waals surface area contributed by atoms with Gasteiger partial charge in [-0.15, -0.1) is 0 Å². The van der Waals surface area contributed by atoms with E-state index in [-0.39, 0.29) is 5.56 Å². The Hall–Kier alpha value is -1.21. The van der Waals surface area contributed by atoms with Crippen LogP contribution in [0.15, 0.2) is 36.4 Å². The largest absolute Gasteiger partial charge is 0.321 e. The van der Waals surface area contributed by atoms with E-state index < -0.39 is 17.5 Å². The fourth-order valence-electron chi connectivity index (χ4n) is 1.42. The van der Waals surface area contributed by atoms with Crippen LogP contribution in [0.3, 0.4) is 0 Å². The molecule has 0 fully saturated rings. The highest BCUT2D eigenvalue weighted by Gasteiger charge is 2.11. The van der Waals surface area contributed by atoms with Crippen LogP contribution in [-0.2, 0) is 0 Å². The minimum atomic E-state index is -1.06. The van der Waals surface area contributed by atoms with Crippen LogP contribution in [0.25, 0.3) is 0 Å². The summed E-state index contributed by atoms with van der Waals surface area (Å²) < 4.78 is 26.6. The number of carbonyl (C=O) groups is 1. The summed E-state index contributed by atoms with van der Waals surface area (Å²) in [6.45, 7) is 0. The molecule has 6 heteroatoms. The minimum Gasteiger partial charge on any atom is -0.321 e. The smallest absolute Gasteiger partial charge is 0.255 e. The van der Waals surface area contributed by atoms with Crippen LogP contribution in [0, 0.1) is 15.2 Å². The molecular formula is C13H7ClF2INO. The molecule has 1 amide bonds. The Morgan fingerprint density at radius 2 is 1.84 bits per heavy atom. The van der Waals surface area contributed by atoms with Crippen LogP contribution >= 0.6 is 34.2 Å². The first-order valence-corrected chi connectivity index (χ1v) is 6.64. The van der Waals surface area contributed by atoms with E-state index in [0.717, 1.165) is 15.7 Å². The zero-order chi connectivity index (χ0) is 14.0. The molecule has 0 unspecified atom stereocenters. The summed E-state index contributed by atoms with van der Waals surface area (Å²) in [6.07, 6.45) is 0. The van der Waals surface area contributed by atoms with Crippen molar-refractivity contribution in [2.75, 3.05) is 5.32 Å². The average molecular weight is 394 g/mol. The first-order chi connectivity index (χ1) is 8.97. The molecule has 1 N–H and O–H groups in total. The van der Waals surface area contributed by atoms with Crippen molar-refractivity contribution in [3.63, 3.8) is 0 Å². The van der Waals surface area contributed by atoms with Gasteiger partial charge in [0.15, 0.2) is 11.6 Å². The summed E-state index contributed by atoms with van der Waals surface area (Å²) in [7, 11) is 0. The maximum absolute atomic E-state index is 13.0. The van der Waals surface area contributed by atoms with Crippen molar-refractivity contribution in [2.24, 2.45) is 0 Å². The molecular weight excluding hydrogens is 387 g/mol. The molecule has 0 saturated heterocycles. The van der Waals surface area contributed by atoms with E-state index >= 15 is 0 Å². The van der Waals surface area contributed by atoms with Gasteiger partial charge in [-0.05, 0) is 59.0 Å². The van der Waals surface area contributed by atoms with Gasteiger partial charge in [0.25, 0.3) is 5.91 Å². The normalized spacial score (nSPS) is 10.3. The summed E-state index contributed by atoms with van der Waals surface area (Å²) in [5.74, 6) is -2.56. The van der Waals surface area contributed by atoms with Crippen molar-refractivity contribution in [1.82, 2.24) is 0 Å². The minimum absolute atomic E-state index is 0.0460. The molecule has 0 heterocycles. The molecule has 19 heavy (non-hydrogen) atoms. The fraction of sp³-hybridized carbons (Fsp3) is 0. The van der Waals surface area contributed by atoms with Crippen molar-refractivity contribution in [2.45, 2.75) is 0 Å². The predicted octanol–water partition coefficient (Wildman–Crippen LogP) is 4.48. The molecule has 98 valence electrons. The molecule has 0 aliphatic heterocycles. The molecule has 0 saturated carbocycles. The Morgan fingerprint density at radius 1 is 1.11 bits per heavy atom. The molecule has 2 rings (SSSR count). The summed E-state index contributed by atoms with van der Waals surface area (Å²) in [5.41, 5.74) is 0.601. The van der Waals surface area contributed by atoms with E-state index in [1.165, 1.54) is 6.07 Å². The number of benzene rings is 2. The number of anilines is 1. The standard InChI is InChI=1S/C13H7ClF2INO/c14-8-2-4-12(11(17)6-8)18-13(19)7-1-3-9(15)10(16)5-7/h1-6H,(H,18,19). The third-order valence-corrected chi connectivity index (χ3v) is 3.49. The van der Waals surface area contributed by atoms with Crippen molar-refractivity contribution >= 4 is 45.8 Å². The molecule has 0 atom stereocenters. The van der Waals surface area contributed by atoms with Crippen LogP contribution < -0.4 is 5.32 Å². The maximum atomic E-state index is 13.0. The van der Waals surface area contributed by atoms with Gasteiger partial charge in [-0.3, -0.25) is 4.79 Å². The Balaban J connectivity index is 2.23. The molecule has 2 aromatic carbocycles. The van der Waals surface area contributed by atoms with Gasteiger partial charge in [0, 0.05) is 14.2 Å². The number of carbonyl (C=O) groups excluding carboxylic acids is 1. The van der Waals surface area contributed by atoms with E-state index in [4.69, 9.17) is 11.6 Å². The van der Waals surface area contributed by atoms with Crippen molar-refractivity contribution < 1.29 is 13.6 Å². The Labute approximate surface area is 126 Å². The monoisotopic (exact) mass is 393 g/mol. The van der Waals surface area contributed by atoms with Gasteiger partial charge in [0.05, 0.1) is 5.69 Å². The lowest BCUT2D eigenvalue weighted by Crippen LogP contribution is -2.13. The number of amides is 1. The highest BCUT2D eigenvalue weighted by molar-refractivity contribution is 14.1. The first kappa shape index (κ1) is 14.2. The van der Waals surface area contributed by atoms with Crippen molar-refractivity contribution in [1.29, 1.82) is 0 Å².